The van der Waals surface area contributed by atoms with Crippen LogP contribution in [-0.4, -0.2) is 24.4 Å². The number of halogens is 1. The molecule has 172 valence electrons. The van der Waals surface area contributed by atoms with Gasteiger partial charge in [-0.3, -0.25) is 14.9 Å². The van der Waals surface area contributed by atoms with Crippen molar-refractivity contribution in [2.45, 2.75) is 4.90 Å². The van der Waals surface area contributed by atoms with Crippen LogP contribution in [-0.2, 0) is 14.9 Å². The fourth-order valence-corrected chi connectivity index (χ4v) is 4.81. The predicted molar refractivity (Wildman–Crippen MR) is 130 cm³/mol. The fraction of sp³-hybridized carbons (Fsp3) is 0. The third-order valence-corrected chi connectivity index (χ3v) is 6.79. The Morgan fingerprint density at radius 2 is 1.79 bits per heavy atom. The first-order chi connectivity index (χ1) is 16.2. The molecule has 0 atom stereocenters. The first-order valence-corrected chi connectivity index (χ1v) is 12.1. The number of thioether (sulfide) groups is 1. The van der Waals surface area contributed by atoms with Crippen molar-refractivity contribution in [3.05, 3.63) is 98.4 Å². The van der Waals surface area contributed by atoms with Crippen molar-refractivity contribution in [1.29, 1.82) is 0 Å². The molecule has 4 rings (SSSR count). The number of non-ortho nitro benzene ring substituents is 1. The van der Waals surface area contributed by atoms with Crippen LogP contribution in [0.1, 0.15) is 5.56 Å². The Balaban J connectivity index is 1.52. The Kier molecular flexibility index (Phi) is 6.68. The average Bonchev–Trinajstić information content (AvgIpc) is 3.12. The van der Waals surface area contributed by atoms with Gasteiger partial charge < -0.3 is 9.50 Å². The van der Waals surface area contributed by atoms with E-state index in [4.69, 9.17) is 15.8 Å². The number of nitrogens with zero attached hydrogens (tertiary/aromatic N) is 2. The van der Waals surface area contributed by atoms with Gasteiger partial charge in [-0.15, -0.1) is 0 Å². The van der Waals surface area contributed by atoms with Gasteiger partial charge in [-0.05, 0) is 65.9 Å². The molecular weight excluding hydrogens is 502 g/mol. The summed E-state index contributed by atoms with van der Waals surface area (Å²) >= 11 is 7.08. The lowest BCUT2D eigenvalue weighted by atomic mass is 10.2. The number of hydrogen-bond acceptors (Lipinski definition) is 8. The maximum atomic E-state index is 12.5. The number of nitro benzene ring substituents is 1. The Bertz CT molecular complexity index is 1450. The van der Waals surface area contributed by atoms with E-state index in [0.29, 0.717) is 26.3 Å². The number of amides is 1. The highest BCUT2D eigenvalue weighted by Crippen LogP contribution is 2.30. The smallest absolute Gasteiger partial charge is 0.339 e. The quantitative estimate of drug-likeness (QED) is 0.214. The molecule has 0 radical (unpaired) electrons. The van der Waals surface area contributed by atoms with E-state index in [9.17, 15) is 23.3 Å². The highest BCUT2D eigenvalue weighted by atomic mass is 35.5. The average molecular weight is 516 g/mol. The van der Waals surface area contributed by atoms with Gasteiger partial charge in [-0.1, -0.05) is 29.8 Å². The van der Waals surface area contributed by atoms with E-state index in [1.807, 2.05) is 0 Å². The maximum Gasteiger partial charge on any atom is 0.339 e. The van der Waals surface area contributed by atoms with Crippen LogP contribution >= 0.6 is 23.4 Å². The molecule has 3 aromatic carbocycles. The van der Waals surface area contributed by atoms with Crippen molar-refractivity contribution in [3.63, 3.8) is 0 Å². The summed E-state index contributed by atoms with van der Waals surface area (Å²) < 4.78 is 30.2. The van der Waals surface area contributed by atoms with Crippen LogP contribution in [0.25, 0.3) is 6.08 Å². The monoisotopic (exact) mass is 515 g/mol. The molecule has 12 heteroatoms. The number of hydrogen-bond donors (Lipinski definition) is 1. The van der Waals surface area contributed by atoms with Crippen LogP contribution in [0.3, 0.4) is 0 Å². The van der Waals surface area contributed by atoms with E-state index in [1.165, 1.54) is 12.1 Å². The first kappa shape index (κ1) is 23.5. The summed E-state index contributed by atoms with van der Waals surface area (Å²) in [6.45, 7) is 0. The second-order valence-electron chi connectivity index (χ2n) is 6.82. The molecule has 1 N–H and O–H groups in total. The van der Waals surface area contributed by atoms with Gasteiger partial charge in [0.15, 0.2) is 5.17 Å². The Labute approximate surface area is 203 Å². The fourth-order valence-electron chi connectivity index (χ4n) is 2.86. The topological polar surface area (TPSA) is 128 Å². The standard InChI is InChI=1S/C22H14ClN3O6S2/c23-15-4-2-5-16(13-15)24-22-25-21(27)20(33-22)12-14-3-1-6-18(11-14)32-34(30,31)19-9-7-17(8-10-19)26(28)29/h1-13H,(H,24,25,27)/b20-12+. The van der Waals surface area contributed by atoms with Crippen molar-refractivity contribution in [2.75, 3.05) is 0 Å². The van der Waals surface area contributed by atoms with Crippen LogP contribution in [0.2, 0.25) is 5.02 Å². The molecule has 3 aromatic rings. The zero-order valence-electron chi connectivity index (χ0n) is 17.0. The molecule has 1 aliphatic heterocycles. The number of nitro groups is 1. The van der Waals surface area contributed by atoms with Gasteiger partial charge in [0.25, 0.3) is 11.6 Å². The summed E-state index contributed by atoms with van der Waals surface area (Å²) in [4.78, 5) is 27.0. The molecule has 1 amide bonds. The van der Waals surface area contributed by atoms with E-state index in [2.05, 4.69) is 10.3 Å². The summed E-state index contributed by atoms with van der Waals surface area (Å²) in [6, 6.07) is 17.4. The van der Waals surface area contributed by atoms with Gasteiger partial charge in [0.05, 0.1) is 15.5 Å². The molecule has 34 heavy (non-hydrogen) atoms. The third-order valence-electron chi connectivity index (χ3n) is 4.39. The summed E-state index contributed by atoms with van der Waals surface area (Å²) in [7, 11) is -4.22. The molecule has 0 unspecified atom stereocenters. The minimum absolute atomic E-state index is 0.0175. The number of amidine groups is 1. The number of nitrogens with one attached hydrogen (secondary N) is 1. The first-order valence-electron chi connectivity index (χ1n) is 9.54. The molecule has 0 aliphatic carbocycles. The normalized spacial score (nSPS) is 16.0. The van der Waals surface area contributed by atoms with Crippen molar-refractivity contribution < 1.29 is 22.3 Å². The molecule has 1 aliphatic rings. The van der Waals surface area contributed by atoms with Crippen LogP contribution < -0.4 is 9.50 Å². The maximum absolute atomic E-state index is 12.5. The molecule has 1 fully saturated rings. The lowest BCUT2D eigenvalue weighted by Gasteiger charge is -2.07. The van der Waals surface area contributed by atoms with Crippen LogP contribution in [0, 0.1) is 10.1 Å². The minimum atomic E-state index is -4.22. The number of rotatable bonds is 6. The van der Waals surface area contributed by atoms with Crippen molar-refractivity contribution in [1.82, 2.24) is 5.32 Å². The third kappa shape index (κ3) is 5.63. The summed E-state index contributed by atoms with van der Waals surface area (Å²) in [5, 5.41) is 14.3. The molecule has 1 heterocycles. The lowest BCUT2D eigenvalue weighted by molar-refractivity contribution is -0.384. The van der Waals surface area contributed by atoms with E-state index >= 15 is 0 Å². The van der Waals surface area contributed by atoms with Crippen molar-refractivity contribution >= 4 is 62.0 Å². The largest absolute Gasteiger partial charge is 0.379 e. The van der Waals surface area contributed by atoms with E-state index in [0.717, 1.165) is 36.0 Å². The number of carbonyl (C=O) groups excluding carboxylic acids is 1. The molecular formula is C22H14ClN3O6S2. The van der Waals surface area contributed by atoms with Crippen LogP contribution in [0.15, 0.2) is 87.6 Å². The summed E-state index contributed by atoms with van der Waals surface area (Å²) in [5.74, 6) is -0.334. The molecule has 9 nitrogen and oxygen atoms in total. The van der Waals surface area contributed by atoms with Gasteiger partial charge in [0.2, 0.25) is 0 Å². The Morgan fingerprint density at radius 3 is 2.50 bits per heavy atom. The van der Waals surface area contributed by atoms with Gasteiger partial charge in [0.1, 0.15) is 10.6 Å². The van der Waals surface area contributed by atoms with Gasteiger partial charge in [0, 0.05) is 17.2 Å². The zero-order chi connectivity index (χ0) is 24.3. The molecule has 0 saturated carbocycles. The summed E-state index contributed by atoms with van der Waals surface area (Å²) in [5.41, 5.74) is 0.875. The Morgan fingerprint density at radius 1 is 1.06 bits per heavy atom. The second-order valence-corrected chi connectivity index (χ2v) is 9.84. The molecule has 0 aromatic heterocycles. The molecule has 1 saturated heterocycles. The lowest BCUT2D eigenvalue weighted by Crippen LogP contribution is -2.19. The highest BCUT2D eigenvalue weighted by Gasteiger charge is 2.24. The second kappa shape index (κ2) is 9.67. The zero-order valence-corrected chi connectivity index (χ0v) is 19.4. The van der Waals surface area contributed by atoms with Crippen LogP contribution in [0.4, 0.5) is 11.4 Å². The van der Waals surface area contributed by atoms with Gasteiger partial charge in [-0.25, -0.2) is 4.99 Å². The molecule has 0 spiro atoms. The highest BCUT2D eigenvalue weighted by molar-refractivity contribution is 8.18. The van der Waals surface area contributed by atoms with E-state index < -0.39 is 15.0 Å². The number of carbonyl (C=O) groups is 1. The Hall–Kier alpha value is -3.67. The minimum Gasteiger partial charge on any atom is -0.379 e. The predicted octanol–water partition coefficient (Wildman–Crippen LogP) is 4.91. The van der Waals surface area contributed by atoms with E-state index in [-0.39, 0.29) is 22.2 Å². The van der Waals surface area contributed by atoms with Gasteiger partial charge >= 0.3 is 10.1 Å². The molecule has 0 bridgehead atoms. The van der Waals surface area contributed by atoms with Crippen molar-refractivity contribution in [3.8, 4) is 5.75 Å². The van der Waals surface area contributed by atoms with E-state index in [1.54, 1.807) is 42.5 Å². The van der Waals surface area contributed by atoms with Crippen molar-refractivity contribution in [2.24, 2.45) is 4.99 Å². The number of aliphatic imine (C=N–C) groups is 1. The van der Waals surface area contributed by atoms with Gasteiger partial charge in [-0.2, -0.15) is 8.42 Å². The van der Waals surface area contributed by atoms with Crippen LogP contribution in [0.5, 0.6) is 5.75 Å². The number of benzene rings is 3. The summed E-state index contributed by atoms with van der Waals surface area (Å²) in [6.07, 6.45) is 1.58. The SMILES string of the molecule is O=C1NC(=Nc2cccc(Cl)c2)S/C1=C/c1cccc(OS(=O)(=O)c2ccc([N+](=O)[O-])cc2)c1.